The van der Waals surface area contributed by atoms with Crippen LogP contribution in [0, 0.1) is 6.92 Å². The normalized spacial score (nSPS) is 10.8. The van der Waals surface area contributed by atoms with E-state index in [0.717, 1.165) is 30.3 Å². The lowest BCUT2D eigenvalue weighted by Crippen LogP contribution is -2.35. The molecule has 0 saturated heterocycles. The molecule has 1 heterocycles. The van der Waals surface area contributed by atoms with Crippen LogP contribution >= 0.6 is 0 Å². The fraction of sp³-hybridized carbons (Fsp3) is 0.412. The van der Waals surface area contributed by atoms with Gasteiger partial charge < -0.3 is 4.90 Å². The van der Waals surface area contributed by atoms with Crippen molar-refractivity contribution < 1.29 is 4.79 Å². The number of hydrogen-bond acceptors (Lipinski definition) is 2. The first kappa shape index (κ1) is 15.3. The number of carbonyl (C=O) groups is 1. The van der Waals surface area contributed by atoms with Gasteiger partial charge in [-0.15, -0.1) is 0 Å². The molecule has 1 aromatic carbocycles. The van der Waals surface area contributed by atoms with Gasteiger partial charge >= 0.3 is 0 Å². The second-order valence-corrected chi connectivity index (χ2v) is 5.45. The highest BCUT2D eigenvalue weighted by Gasteiger charge is 2.13. The summed E-state index contributed by atoms with van der Waals surface area (Å²) in [5.74, 6) is -0.0266. The van der Waals surface area contributed by atoms with Gasteiger partial charge in [-0.1, -0.05) is 31.5 Å². The zero-order valence-corrected chi connectivity index (χ0v) is 12.9. The third-order valence-corrected chi connectivity index (χ3v) is 3.75. The Kier molecular flexibility index (Phi) is 4.78. The molecule has 21 heavy (non-hydrogen) atoms. The molecule has 1 amide bonds. The van der Waals surface area contributed by atoms with Gasteiger partial charge in [0.15, 0.2) is 0 Å². The predicted molar refractivity (Wildman–Crippen MR) is 85.5 cm³/mol. The van der Waals surface area contributed by atoms with Gasteiger partial charge in [0.2, 0.25) is 5.91 Å². The first-order valence-electron chi connectivity index (χ1n) is 7.37. The number of carbonyl (C=O) groups excluding carboxylic acids is 1. The number of unbranched alkanes of at least 4 members (excludes halogenated alkanes) is 1. The molecule has 4 nitrogen and oxygen atoms in total. The lowest BCUT2D eigenvalue weighted by molar-refractivity contribution is -0.130. The first-order chi connectivity index (χ1) is 10.0. The molecule has 4 heteroatoms. The van der Waals surface area contributed by atoms with Crippen LogP contribution in [0.2, 0.25) is 0 Å². The molecular weight excluding hydrogens is 264 g/mol. The number of hydrogen-bond donors (Lipinski definition) is 0. The Labute approximate surface area is 125 Å². The van der Waals surface area contributed by atoms with Gasteiger partial charge in [-0.3, -0.25) is 14.2 Å². The van der Waals surface area contributed by atoms with Crippen LogP contribution in [-0.2, 0) is 11.3 Å². The van der Waals surface area contributed by atoms with Gasteiger partial charge in [-0.2, -0.15) is 0 Å². The smallest absolute Gasteiger partial charge is 0.254 e. The number of fused-ring (bicyclic) bond motifs is 1. The van der Waals surface area contributed by atoms with Crippen molar-refractivity contribution in [2.75, 3.05) is 13.6 Å². The van der Waals surface area contributed by atoms with Crippen molar-refractivity contribution in [2.45, 2.75) is 33.2 Å². The highest BCUT2D eigenvalue weighted by Crippen LogP contribution is 2.13. The van der Waals surface area contributed by atoms with Crippen molar-refractivity contribution >= 4 is 16.8 Å². The van der Waals surface area contributed by atoms with Crippen molar-refractivity contribution in [3.8, 4) is 0 Å². The van der Waals surface area contributed by atoms with Crippen LogP contribution in [-0.4, -0.2) is 29.0 Å². The van der Waals surface area contributed by atoms with Crippen LogP contribution < -0.4 is 5.56 Å². The van der Waals surface area contributed by atoms with Gasteiger partial charge in [-0.25, -0.2) is 0 Å². The largest absolute Gasteiger partial charge is 0.344 e. The third kappa shape index (κ3) is 3.32. The summed E-state index contributed by atoms with van der Waals surface area (Å²) in [5, 5.41) is 0.985. The summed E-state index contributed by atoms with van der Waals surface area (Å²) in [6, 6.07) is 9.54. The van der Waals surface area contributed by atoms with Crippen molar-refractivity contribution in [1.82, 2.24) is 9.47 Å². The van der Waals surface area contributed by atoms with Gasteiger partial charge in [0.05, 0.1) is 5.52 Å². The Morgan fingerprint density at radius 2 is 2.00 bits per heavy atom. The average molecular weight is 286 g/mol. The molecule has 2 rings (SSSR count). The Bertz CT molecular complexity index is 703. The number of nitrogens with zero attached hydrogens (tertiary/aromatic N) is 2. The summed E-state index contributed by atoms with van der Waals surface area (Å²) in [6.07, 6.45) is 2.02. The molecule has 1 aromatic heterocycles. The molecule has 0 aliphatic carbocycles. The summed E-state index contributed by atoms with van der Waals surface area (Å²) < 4.78 is 1.58. The van der Waals surface area contributed by atoms with Crippen LogP contribution in [0.3, 0.4) is 0 Å². The van der Waals surface area contributed by atoms with E-state index < -0.39 is 0 Å². The molecule has 0 fully saturated rings. The highest BCUT2D eigenvalue weighted by atomic mass is 16.2. The number of pyridine rings is 1. The van der Waals surface area contributed by atoms with E-state index in [-0.39, 0.29) is 18.0 Å². The van der Waals surface area contributed by atoms with E-state index in [1.807, 2.05) is 30.3 Å². The second kappa shape index (κ2) is 6.57. The van der Waals surface area contributed by atoms with E-state index in [4.69, 9.17) is 0 Å². The molecule has 0 unspecified atom stereocenters. The van der Waals surface area contributed by atoms with Gasteiger partial charge in [0, 0.05) is 19.2 Å². The lowest BCUT2D eigenvalue weighted by atomic mass is 10.1. The fourth-order valence-electron chi connectivity index (χ4n) is 2.41. The van der Waals surface area contributed by atoms with Crippen LogP contribution in [0.4, 0.5) is 0 Å². The molecule has 112 valence electrons. The number of aryl methyl sites for hydroxylation is 1. The number of amides is 1. The topological polar surface area (TPSA) is 42.3 Å². The van der Waals surface area contributed by atoms with Crippen molar-refractivity contribution in [3.63, 3.8) is 0 Å². The maximum absolute atomic E-state index is 12.3. The lowest BCUT2D eigenvalue weighted by Gasteiger charge is -2.18. The molecule has 0 radical (unpaired) electrons. The SMILES string of the molecule is CCCCN(C)C(=O)Cn1c(=O)c(C)cc2ccccc21. The van der Waals surface area contributed by atoms with Gasteiger partial charge in [-0.05, 0) is 30.9 Å². The quantitative estimate of drug-likeness (QED) is 0.847. The van der Waals surface area contributed by atoms with E-state index in [2.05, 4.69) is 6.92 Å². The molecule has 0 aliphatic heterocycles. The second-order valence-electron chi connectivity index (χ2n) is 5.45. The molecule has 0 N–H and O–H groups in total. The number of para-hydroxylation sites is 1. The molecule has 0 bridgehead atoms. The maximum Gasteiger partial charge on any atom is 0.254 e. The average Bonchev–Trinajstić information content (AvgIpc) is 2.49. The predicted octanol–water partition coefficient (Wildman–Crippen LogP) is 2.57. The summed E-state index contributed by atoms with van der Waals surface area (Å²) in [5.41, 5.74) is 1.38. The summed E-state index contributed by atoms with van der Waals surface area (Å²) in [7, 11) is 1.79. The summed E-state index contributed by atoms with van der Waals surface area (Å²) >= 11 is 0. The Morgan fingerprint density at radius 1 is 1.29 bits per heavy atom. The minimum atomic E-state index is -0.0917. The summed E-state index contributed by atoms with van der Waals surface area (Å²) in [4.78, 5) is 26.3. The minimum Gasteiger partial charge on any atom is -0.344 e. The first-order valence-corrected chi connectivity index (χ1v) is 7.37. The van der Waals surface area contributed by atoms with Crippen LogP contribution in [0.15, 0.2) is 35.1 Å². The van der Waals surface area contributed by atoms with Crippen LogP contribution in [0.25, 0.3) is 10.9 Å². The fourth-order valence-corrected chi connectivity index (χ4v) is 2.41. The van der Waals surface area contributed by atoms with E-state index >= 15 is 0 Å². The van der Waals surface area contributed by atoms with Crippen molar-refractivity contribution in [3.05, 3.63) is 46.2 Å². The van der Waals surface area contributed by atoms with E-state index in [9.17, 15) is 9.59 Å². The zero-order chi connectivity index (χ0) is 15.4. The Balaban J connectivity index is 2.35. The minimum absolute atomic E-state index is 0.0266. The van der Waals surface area contributed by atoms with Crippen LogP contribution in [0.5, 0.6) is 0 Å². The zero-order valence-electron chi connectivity index (χ0n) is 12.9. The molecule has 0 spiro atoms. The molecular formula is C17H22N2O2. The Morgan fingerprint density at radius 3 is 2.71 bits per heavy atom. The van der Waals surface area contributed by atoms with Gasteiger partial charge in [0.1, 0.15) is 6.54 Å². The maximum atomic E-state index is 12.3. The van der Waals surface area contributed by atoms with E-state index in [1.54, 1.807) is 23.4 Å². The van der Waals surface area contributed by atoms with E-state index in [1.165, 1.54) is 0 Å². The molecule has 0 saturated carbocycles. The number of likely N-dealkylation sites (N-methyl/N-ethyl adjacent to an activating group) is 1. The third-order valence-electron chi connectivity index (χ3n) is 3.75. The molecule has 0 atom stereocenters. The van der Waals surface area contributed by atoms with Crippen molar-refractivity contribution in [2.24, 2.45) is 0 Å². The number of rotatable bonds is 5. The molecule has 0 aliphatic rings. The highest BCUT2D eigenvalue weighted by molar-refractivity contribution is 5.82. The standard InChI is InChI=1S/C17H22N2O2/c1-4-5-10-18(3)16(20)12-19-15-9-7-6-8-14(15)11-13(2)17(19)21/h6-9,11H,4-5,10,12H2,1-3H3. The summed E-state index contributed by atoms with van der Waals surface area (Å²) in [6.45, 7) is 4.71. The van der Waals surface area contributed by atoms with E-state index in [0.29, 0.717) is 5.56 Å². The number of benzene rings is 1. The Hall–Kier alpha value is -2.10. The van der Waals surface area contributed by atoms with Crippen molar-refractivity contribution in [1.29, 1.82) is 0 Å². The molecule has 2 aromatic rings. The monoisotopic (exact) mass is 286 g/mol. The van der Waals surface area contributed by atoms with Gasteiger partial charge in [0.25, 0.3) is 5.56 Å². The van der Waals surface area contributed by atoms with Crippen LogP contribution in [0.1, 0.15) is 25.3 Å². The number of aromatic nitrogens is 1.